The molecule has 0 unspecified atom stereocenters. The van der Waals surface area contributed by atoms with E-state index >= 15 is 0 Å². The van der Waals surface area contributed by atoms with Crippen molar-refractivity contribution in [1.29, 1.82) is 0 Å². The fraction of sp³-hybridized carbons (Fsp3) is 0.240. The van der Waals surface area contributed by atoms with Gasteiger partial charge in [-0.3, -0.25) is 0 Å². The summed E-state index contributed by atoms with van der Waals surface area (Å²) in [6, 6.07) is 20.3. The zero-order chi connectivity index (χ0) is 21.3. The van der Waals surface area contributed by atoms with Gasteiger partial charge in [-0.05, 0) is 42.2 Å². The third-order valence-electron chi connectivity index (χ3n) is 5.07. The third kappa shape index (κ3) is 3.96. The third-order valence-corrected chi connectivity index (χ3v) is 5.07. The van der Waals surface area contributed by atoms with Crippen molar-refractivity contribution < 1.29 is 9.26 Å². The number of rotatable bonds is 4. The molecule has 4 rings (SSSR count). The van der Waals surface area contributed by atoms with E-state index in [0.717, 1.165) is 16.8 Å². The van der Waals surface area contributed by atoms with E-state index in [4.69, 9.17) is 9.26 Å². The molecular formula is C25H25N3O2. The molecule has 0 bridgehead atoms. The molecule has 2 heterocycles. The van der Waals surface area contributed by atoms with Crippen LogP contribution >= 0.6 is 0 Å². The number of methoxy groups -OCH3 is 1. The lowest BCUT2D eigenvalue weighted by Crippen LogP contribution is -2.10. The summed E-state index contributed by atoms with van der Waals surface area (Å²) >= 11 is 0. The average Bonchev–Trinajstić information content (AvgIpc) is 3.23. The predicted molar refractivity (Wildman–Crippen MR) is 118 cm³/mol. The second-order valence-electron chi connectivity index (χ2n) is 8.37. The lowest BCUT2D eigenvalue weighted by molar-refractivity contribution is 0.398. The van der Waals surface area contributed by atoms with E-state index in [9.17, 15) is 0 Å². The molecule has 2 aromatic heterocycles. The van der Waals surface area contributed by atoms with E-state index in [2.05, 4.69) is 67.1 Å². The number of ether oxygens (including phenoxy) is 1. The second-order valence-corrected chi connectivity index (χ2v) is 8.37. The van der Waals surface area contributed by atoms with Gasteiger partial charge in [-0.25, -0.2) is 4.98 Å². The number of nitrogens with zero attached hydrogens (tertiary/aromatic N) is 3. The monoisotopic (exact) mass is 399 g/mol. The number of aryl methyl sites for hydroxylation is 1. The van der Waals surface area contributed by atoms with E-state index in [1.165, 1.54) is 11.1 Å². The van der Waals surface area contributed by atoms with Gasteiger partial charge in [-0.1, -0.05) is 67.9 Å². The van der Waals surface area contributed by atoms with Crippen molar-refractivity contribution in [2.24, 2.45) is 0 Å². The molecule has 0 saturated carbocycles. The Labute approximate surface area is 176 Å². The van der Waals surface area contributed by atoms with Gasteiger partial charge in [0.2, 0.25) is 11.7 Å². The number of hydrogen-bond acceptors (Lipinski definition) is 5. The molecular weight excluding hydrogens is 374 g/mol. The Hall–Kier alpha value is -3.47. The highest BCUT2D eigenvalue weighted by atomic mass is 16.5. The van der Waals surface area contributed by atoms with Crippen LogP contribution < -0.4 is 4.74 Å². The molecule has 0 spiro atoms. The maximum absolute atomic E-state index is 5.52. The van der Waals surface area contributed by atoms with Crippen LogP contribution in [-0.4, -0.2) is 22.2 Å². The second kappa shape index (κ2) is 7.75. The highest BCUT2D eigenvalue weighted by molar-refractivity contribution is 5.69. The molecule has 0 fully saturated rings. The quantitative estimate of drug-likeness (QED) is 0.416. The summed E-state index contributed by atoms with van der Waals surface area (Å²) in [5.41, 5.74) is 5.98. The van der Waals surface area contributed by atoms with Gasteiger partial charge in [0.1, 0.15) is 0 Å². The lowest BCUT2D eigenvalue weighted by Gasteiger charge is -2.18. The van der Waals surface area contributed by atoms with Crippen molar-refractivity contribution in [2.75, 3.05) is 7.11 Å². The van der Waals surface area contributed by atoms with E-state index in [1.54, 1.807) is 7.11 Å². The minimum Gasteiger partial charge on any atom is -0.480 e. The van der Waals surface area contributed by atoms with Gasteiger partial charge in [-0.15, -0.1) is 0 Å². The molecule has 0 amide bonds. The zero-order valence-electron chi connectivity index (χ0n) is 17.9. The standard InChI is InChI=1S/C25H25N3O2/c1-16-6-8-17(9-7-16)21-15-14-20(24(26-21)29-5)22-27-23(30-28-22)18-10-12-19(13-11-18)25(2,3)4/h6-15H,1-5H3. The first-order valence-corrected chi connectivity index (χ1v) is 9.92. The molecule has 0 saturated heterocycles. The van der Waals surface area contributed by atoms with E-state index < -0.39 is 0 Å². The highest BCUT2D eigenvalue weighted by Crippen LogP contribution is 2.31. The summed E-state index contributed by atoms with van der Waals surface area (Å²) in [6.07, 6.45) is 0. The predicted octanol–water partition coefficient (Wildman–Crippen LogP) is 6.08. The molecule has 0 atom stereocenters. The molecule has 30 heavy (non-hydrogen) atoms. The van der Waals surface area contributed by atoms with E-state index in [-0.39, 0.29) is 5.41 Å². The van der Waals surface area contributed by atoms with Gasteiger partial charge in [0.05, 0.1) is 18.4 Å². The van der Waals surface area contributed by atoms with Crippen molar-refractivity contribution in [2.45, 2.75) is 33.1 Å². The van der Waals surface area contributed by atoms with Crippen molar-refractivity contribution in [3.63, 3.8) is 0 Å². The van der Waals surface area contributed by atoms with Crippen LogP contribution in [0.2, 0.25) is 0 Å². The molecule has 4 aromatic rings. The van der Waals surface area contributed by atoms with Crippen LogP contribution in [0.15, 0.2) is 65.2 Å². The Bertz CT molecular complexity index is 1150. The molecule has 0 aliphatic carbocycles. The Morgan fingerprint density at radius 3 is 2.10 bits per heavy atom. The molecule has 0 N–H and O–H groups in total. The summed E-state index contributed by atoms with van der Waals surface area (Å²) in [7, 11) is 1.59. The van der Waals surface area contributed by atoms with Crippen LogP contribution in [-0.2, 0) is 5.41 Å². The number of aromatic nitrogens is 3. The zero-order valence-corrected chi connectivity index (χ0v) is 17.9. The summed E-state index contributed by atoms with van der Waals surface area (Å²) < 4.78 is 11.0. The molecule has 5 heteroatoms. The maximum Gasteiger partial charge on any atom is 0.258 e. The SMILES string of the molecule is COc1nc(-c2ccc(C)cc2)ccc1-c1noc(-c2ccc(C(C)(C)C)cc2)n1. The Kier molecular flexibility index (Phi) is 5.12. The topological polar surface area (TPSA) is 61.0 Å². The molecule has 0 radical (unpaired) electrons. The van der Waals surface area contributed by atoms with Crippen molar-refractivity contribution in [3.05, 3.63) is 71.8 Å². The Balaban J connectivity index is 1.65. The molecule has 2 aromatic carbocycles. The molecule has 0 aliphatic rings. The number of benzene rings is 2. The fourth-order valence-electron chi connectivity index (χ4n) is 3.21. The van der Waals surface area contributed by atoms with Gasteiger partial charge in [0.25, 0.3) is 5.89 Å². The maximum atomic E-state index is 5.52. The van der Waals surface area contributed by atoms with E-state index in [1.807, 2.05) is 36.4 Å². The molecule has 152 valence electrons. The van der Waals surface area contributed by atoms with Crippen LogP contribution in [0, 0.1) is 6.92 Å². The summed E-state index contributed by atoms with van der Waals surface area (Å²) in [4.78, 5) is 9.21. The van der Waals surface area contributed by atoms with Crippen molar-refractivity contribution in [1.82, 2.24) is 15.1 Å². The van der Waals surface area contributed by atoms with E-state index in [0.29, 0.717) is 23.2 Å². The van der Waals surface area contributed by atoms with Crippen molar-refractivity contribution in [3.8, 4) is 40.0 Å². The van der Waals surface area contributed by atoms with Crippen molar-refractivity contribution >= 4 is 0 Å². The smallest absolute Gasteiger partial charge is 0.258 e. The minimum absolute atomic E-state index is 0.0940. The van der Waals surface area contributed by atoms with Gasteiger partial charge in [-0.2, -0.15) is 4.98 Å². The minimum atomic E-state index is 0.0940. The average molecular weight is 399 g/mol. The fourth-order valence-corrected chi connectivity index (χ4v) is 3.21. The van der Waals surface area contributed by atoms with Gasteiger partial charge in [0.15, 0.2) is 0 Å². The van der Waals surface area contributed by atoms with Gasteiger partial charge >= 0.3 is 0 Å². The summed E-state index contributed by atoms with van der Waals surface area (Å²) in [5.74, 6) is 1.38. The molecule has 5 nitrogen and oxygen atoms in total. The van der Waals surface area contributed by atoms with Crippen LogP contribution in [0.3, 0.4) is 0 Å². The Morgan fingerprint density at radius 2 is 1.47 bits per heavy atom. The number of pyridine rings is 1. The summed E-state index contributed by atoms with van der Waals surface area (Å²) in [6.45, 7) is 8.62. The lowest BCUT2D eigenvalue weighted by atomic mass is 9.87. The Morgan fingerprint density at radius 1 is 0.800 bits per heavy atom. The van der Waals surface area contributed by atoms with Crippen LogP contribution in [0.5, 0.6) is 5.88 Å². The molecule has 0 aliphatic heterocycles. The largest absolute Gasteiger partial charge is 0.480 e. The van der Waals surface area contributed by atoms with Crippen LogP contribution in [0.25, 0.3) is 34.1 Å². The first-order valence-electron chi connectivity index (χ1n) is 9.92. The first kappa shape index (κ1) is 19.8. The summed E-state index contributed by atoms with van der Waals surface area (Å²) in [5, 5.41) is 4.15. The van der Waals surface area contributed by atoms with Crippen LogP contribution in [0.1, 0.15) is 31.9 Å². The first-order chi connectivity index (χ1) is 14.3. The van der Waals surface area contributed by atoms with Gasteiger partial charge in [0, 0.05) is 11.1 Å². The number of hydrogen-bond donors (Lipinski definition) is 0. The van der Waals surface area contributed by atoms with Crippen LogP contribution in [0.4, 0.5) is 0 Å². The highest BCUT2D eigenvalue weighted by Gasteiger charge is 2.18. The van der Waals surface area contributed by atoms with Gasteiger partial charge < -0.3 is 9.26 Å². The normalized spacial score (nSPS) is 11.5.